The SMILES string of the molecule is [C-]#[N+]c1cc(Oc2[c-]c3c(cc2)CCCN3c2cc(C(C)(C)C)ccn2)[c-]c2c1CCCN2c1cc(C)c(-c2ccccc2)cn1.[Pt+2]. The minimum atomic E-state index is 0. The molecule has 0 fully saturated rings. The van der Waals surface area contributed by atoms with Gasteiger partial charge in [-0.3, -0.25) is 4.85 Å². The number of fused-ring (bicyclic) bond motifs is 2. The Morgan fingerprint density at radius 2 is 1.55 bits per heavy atom. The molecule has 0 amide bonds. The predicted molar refractivity (Wildman–Crippen MR) is 185 cm³/mol. The maximum absolute atomic E-state index is 8.00. The molecule has 6 nitrogen and oxygen atoms in total. The number of benzene rings is 3. The maximum atomic E-state index is 8.00. The van der Waals surface area contributed by atoms with Crippen LogP contribution in [0.3, 0.4) is 0 Å². The van der Waals surface area contributed by atoms with Crippen molar-refractivity contribution in [1.29, 1.82) is 0 Å². The van der Waals surface area contributed by atoms with E-state index in [-0.39, 0.29) is 26.5 Å². The topological polar surface area (TPSA) is 45.9 Å². The van der Waals surface area contributed by atoms with Gasteiger partial charge in [0.05, 0.1) is 12.3 Å². The van der Waals surface area contributed by atoms with E-state index >= 15 is 0 Å². The second-order valence-electron chi connectivity index (χ2n) is 13.1. The van der Waals surface area contributed by atoms with Gasteiger partial charge in [-0.15, -0.1) is 35.4 Å². The number of ether oxygens (including phenoxy) is 1. The molecule has 7 heteroatoms. The first-order valence-electron chi connectivity index (χ1n) is 16.0. The van der Waals surface area contributed by atoms with Crippen molar-refractivity contribution in [1.82, 2.24) is 9.97 Å². The molecule has 0 saturated carbocycles. The number of aromatic nitrogens is 2. The number of aryl methyl sites for hydroxylation is 2. The van der Waals surface area contributed by atoms with Gasteiger partial charge in [0.2, 0.25) is 0 Å². The zero-order valence-electron chi connectivity index (χ0n) is 27.2. The number of pyridine rings is 2. The van der Waals surface area contributed by atoms with Crippen LogP contribution >= 0.6 is 0 Å². The molecule has 0 bridgehead atoms. The van der Waals surface area contributed by atoms with E-state index in [1.807, 2.05) is 42.7 Å². The standard InChI is InChI=1S/C40H37N5O.Pt/c1-27-21-38(43-26-34(27)28-11-7-6-8-12-28)45-20-10-14-33-35(41-5)23-32(25-37(33)45)46-31-16-15-29-13-9-19-44(36(29)24-31)39-22-30(17-18-42-39)40(2,3)4;/h6-8,11-12,15-18,21-23,26H,9-10,13-14,19-20H2,1-4H3;/q-2;+2. The van der Waals surface area contributed by atoms with Crippen LogP contribution in [0.4, 0.5) is 28.7 Å². The number of rotatable bonds is 5. The molecule has 2 aliphatic heterocycles. The number of hydrogen-bond acceptors (Lipinski definition) is 5. The zero-order chi connectivity index (χ0) is 31.8. The Morgan fingerprint density at radius 3 is 2.30 bits per heavy atom. The van der Waals surface area contributed by atoms with Gasteiger partial charge in [-0.1, -0.05) is 75.3 Å². The van der Waals surface area contributed by atoms with Crippen LogP contribution in [0.1, 0.15) is 55.9 Å². The van der Waals surface area contributed by atoms with E-state index in [0.717, 1.165) is 84.0 Å². The molecule has 3 aromatic carbocycles. The summed E-state index contributed by atoms with van der Waals surface area (Å²) in [6, 6.07) is 29.7. The predicted octanol–water partition coefficient (Wildman–Crippen LogP) is 9.86. The Kier molecular flexibility index (Phi) is 9.22. The van der Waals surface area contributed by atoms with Crippen LogP contribution in [0.5, 0.6) is 11.5 Å². The van der Waals surface area contributed by atoms with Crippen molar-refractivity contribution in [3.8, 4) is 22.6 Å². The fraction of sp³-hybridized carbons (Fsp3) is 0.275. The summed E-state index contributed by atoms with van der Waals surface area (Å²) >= 11 is 0. The van der Waals surface area contributed by atoms with Crippen LogP contribution in [0.15, 0.2) is 79.1 Å². The third kappa shape index (κ3) is 6.55. The van der Waals surface area contributed by atoms with Crippen LogP contribution in [-0.2, 0) is 39.3 Å². The van der Waals surface area contributed by atoms with Crippen molar-refractivity contribution in [2.24, 2.45) is 0 Å². The summed E-state index contributed by atoms with van der Waals surface area (Å²) in [5, 5.41) is 0. The van der Waals surface area contributed by atoms with E-state index in [1.165, 1.54) is 11.1 Å². The van der Waals surface area contributed by atoms with Gasteiger partial charge >= 0.3 is 21.1 Å². The number of hydrogen-bond donors (Lipinski definition) is 0. The van der Waals surface area contributed by atoms with Crippen LogP contribution in [0.2, 0.25) is 0 Å². The van der Waals surface area contributed by atoms with Crippen molar-refractivity contribution in [3.63, 3.8) is 0 Å². The summed E-state index contributed by atoms with van der Waals surface area (Å²) < 4.78 is 6.45. The van der Waals surface area contributed by atoms with E-state index in [0.29, 0.717) is 17.2 Å². The molecule has 0 saturated heterocycles. The molecular weight excluding hydrogens is 762 g/mol. The first-order chi connectivity index (χ1) is 22.3. The molecule has 5 aromatic rings. The Hall–Kier alpha value is -4.46. The second-order valence-corrected chi connectivity index (χ2v) is 13.1. The van der Waals surface area contributed by atoms with Gasteiger partial charge in [0.25, 0.3) is 0 Å². The molecule has 0 atom stereocenters. The van der Waals surface area contributed by atoms with E-state index in [4.69, 9.17) is 21.3 Å². The Balaban J connectivity index is 0.00000386. The molecule has 47 heavy (non-hydrogen) atoms. The summed E-state index contributed by atoms with van der Waals surface area (Å²) in [5.41, 5.74) is 9.34. The largest absolute Gasteiger partial charge is 2.00 e. The van der Waals surface area contributed by atoms with Crippen molar-refractivity contribution >= 4 is 28.7 Å². The zero-order valence-corrected chi connectivity index (χ0v) is 29.5. The first kappa shape index (κ1) is 32.5. The van der Waals surface area contributed by atoms with Gasteiger partial charge in [0.15, 0.2) is 0 Å². The number of nitrogens with zero attached hydrogens (tertiary/aromatic N) is 5. The Bertz CT molecular complexity index is 1960. The van der Waals surface area contributed by atoms with Gasteiger partial charge in [-0.05, 0) is 60.1 Å². The first-order valence-corrected chi connectivity index (χ1v) is 16.0. The summed E-state index contributed by atoms with van der Waals surface area (Å²) in [4.78, 5) is 18.0. The van der Waals surface area contributed by atoms with E-state index in [9.17, 15) is 0 Å². The van der Waals surface area contributed by atoms with Gasteiger partial charge < -0.3 is 14.5 Å². The van der Waals surface area contributed by atoms with Gasteiger partial charge in [0.1, 0.15) is 11.6 Å². The van der Waals surface area contributed by atoms with E-state index in [1.54, 1.807) is 0 Å². The fourth-order valence-corrected chi connectivity index (χ4v) is 6.47. The van der Waals surface area contributed by atoms with E-state index in [2.05, 4.69) is 90.9 Å². The summed E-state index contributed by atoms with van der Waals surface area (Å²) in [6.45, 7) is 18.4. The van der Waals surface area contributed by atoms with Gasteiger partial charge in [-0.2, -0.15) is 6.07 Å². The van der Waals surface area contributed by atoms with Crippen LogP contribution in [0, 0.1) is 25.6 Å². The third-order valence-electron chi connectivity index (χ3n) is 8.95. The molecule has 0 unspecified atom stereocenters. The van der Waals surface area contributed by atoms with Crippen LogP contribution in [0.25, 0.3) is 16.0 Å². The van der Waals surface area contributed by atoms with Crippen LogP contribution in [-0.4, -0.2) is 23.1 Å². The Morgan fingerprint density at radius 1 is 0.830 bits per heavy atom. The molecule has 0 radical (unpaired) electrons. The summed E-state index contributed by atoms with van der Waals surface area (Å²) in [5.74, 6) is 2.87. The molecule has 0 spiro atoms. The van der Waals surface area contributed by atoms with E-state index < -0.39 is 0 Å². The molecule has 238 valence electrons. The van der Waals surface area contributed by atoms with Crippen molar-refractivity contribution in [2.45, 2.75) is 58.8 Å². The molecule has 2 aromatic heterocycles. The molecule has 2 aliphatic rings. The molecule has 7 rings (SSSR count). The van der Waals surface area contributed by atoms with Crippen molar-refractivity contribution in [2.75, 3.05) is 22.9 Å². The van der Waals surface area contributed by atoms with Gasteiger partial charge in [-0.25, -0.2) is 9.97 Å². The molecule has 0 N–H and O–H groups in total. The third-order valence-corrected chi connectivity index (χ3v) is 8.95. The number of anilines is 4. The van der Waals surface area contributed by atoms with Crippen LogP contribution < -0.4 is 14.5 Å². The van der Waals surface area contributed by atoms with Crippen molar-refractivity contribution < 1.29 is 25.8 Å². The average molecular weight is 799 g/mol. The van der Waals surface area contributed by atoms with Gasteiger partial charge in [0, 0.05) is 42.5 Å². The minimum Gasteiger partial charge on any atom is -0.510 e. The summed E-state index contributed by atoms with van der Waals surface area (Å²) in [7, 11) is 0. The molecular formula is C40H37N5OPt. The monoisotopic (exact) mass is 798 g/mol. The maximum Gasteiger partial charge on any atom is 2.00 e. The van der Waals surface area contributed by atoms with Crippen molar-refractivity contribution in [3.05, 3.63) is 125 Å². The Labute approximate surface area is 292 Å². The fourth-order valence-electron chi connectivity index (χ4n) is 6.47. The average Bonchev–Trinajstić information content (AvgIpc) is 3.07. The second kappa shape index (κ2) is 13.3. The quantitative estimate of drug-likeness (QED) is 0.166. The smallest absolute Gasteiger partial charge is 0.510 e. The normalized spacial score (nSPS) is 14.0. The summed E-state index contributed by atoms with van der Waals surface area (Å²) in [6.07, 6.45) is 7.63. The molecule has 0 aliphatic carbocycles. The molecule has 4 heterocycles. The minimum absolute atomic E-state index is 0.